The molecule has 2 nitrogen and oxygen atoms in total. The highest BCUT2D eigenvalue weighted by molar-refractivity contribution is 5.29. The molecule has 0 heterocycles. The molecule has 2 aliphatic carbocycles. The molecule has 16 heavy (non-hydrogen) atoms. The van der Waals surface area contributed by atoms with Gasteiger partial charge in [-0.25, -0.2) is 0 Å². The molecule has 2 saturated carbocycles. The molecule has 0 aromatic heterocycles. The maximum Gasteiger partial charge on any atom is 0.156 e. The molecule has 2 aliphatic rings. The third-order valence-corrected chi connectivity index (χ3v) is 5.13. The number of aliphatic hydroxyl groups excluding tert-OH is 1. The third kappa shape index (κ3) is 1.22. The zero-order chi connectivity index (χ0) is 12.2. The van der Waals surface area contributed by atoms with Crippen LogP contribution in [0, 0.1) is 28.6 Å². The predicted molar refractivity (Wildman–Crippen MR) is 63.6 cm³/mol. The summed E-state index contributed by atoms with van der Waals surface area (Å²) in [4.78, 5) is 0. The van der Waals surface area contributed by atoms with Crippen molar-refractivity contribution >= 4 is 0 Å². The molecule has 0 aromatic rings. The molecule has 0 aliphatic heterocycles. The fourth-order valence-electron chi connectivity index (χ4n) is 4.02. The van der Waals surface area contributed by atoms with Crippen LogP contribution in [-0.4, -0.2) is 21.9 Å². The normalized spacial score (nSPS) is 49.6. The van der Waals surface area contributed by atoms with Gasteiger partial charge in [0.05, 0.1) is 6.10 Å². The summed E-state index contributed by atoms with van der Waals surface area (Å²) in [6.45, 7) is 8.29. The summed E-state index contributed by atoms with van der Waals surface area (Å²) in [7, 11) is 0. The molecule has 0 bridgehead atoms. The minimum atomic E-state index is -1.21. The lowest BCUT2D eigenvalue weighted by molar-refractivity contribution is -0.0762. The number of hydrogen-bond acceptors (Lipinski definition) is 2. The highest BCUT2D eigenvalue weighted by atomic mass is 16.3. The fourth-order valence-corrected chi connectivity index (χ4v) is 4.02. The summed E-state index contributed by atoms with van der Waals surface area (Å²) in [6.07, 6.45) is 2.03. The van der Waals surface area contributed by atoms with E-state index in [1.807, 2.05) is 0 Å². The van der Waals surface area contributed by atoms with Gasteiger partial charge in [-0.1, -0.05) is 26.7 Å². The minimum absolute atomic E-state index is 0.204. The van der Waals surface area contributed by atoms with Crippen molar-refractivity contribution in [2.75, 3.05) is 0 Å². The van der Waals surface area contributed by atoms with Crippen molar-refractivity contribution in [1.82, 2.24) is 0 Å². The lowest BCUT2D eigenvalue weighted by Gasteiger charge is -2.38. The topological polar surface area (TPSA) is 40.5 Å². The van der Waals surface area contributed by atoms with E-state index in [0.29, 0.717) is 12.3 Å². The molecule has 2 N–H and O–H groups in total. The van der Waals surface area contributed by atoms with Crippen molar-refractivity contribution in [3.63, 3.8) is 0 Å². The van der Waals surface area contributed by atoms with E-state index < -0.39 is 11.7 Å². The van der Waals surface area contributed by atoms with Crippen LogP contribution in [0.4, 0.5) is 0 Å². The first-order valence-electron chi connectivity index (χ1n) is 6.12. The van der Waals surface area contributed by atoms with Crippen LogP contribution in [0.2, 0.25) is 0 Å². The van der Waals surface area contributed by atoms with Crippen LogP contribution in [0.5, 0.6) is 0 Å². The van der Waals surface area contributed by atoms with Gasteiger partial charge in [-0.05, 0) is 37.5 Å². The van der Waals surface area contributed by atoms with Gasteiger partial charge in [-0.15, -0.1) is 5.92 Å². The molecule has 4 atom stereocenters. The Morgan fingerprint density at radius 3 is 2.38 bits per heavy atom. The first-order chi connectivity index (χ1) is 7.28. The maximum absolute atomic E-state index is 10.7. The average molecular weight is 222 g/mol. The lowest BCUT2D eigenvalue weighted by atomic mass is 9.68. The second kappa shape index (κ2) is 3.24. The highest BCUT2D eigenvalue weighted by Gasteiger charge is 2.67. The molecule has 0 radical (unpaired) electrons. The zero-order valence-corrected chi connectivity index (χ0v) is 10.7. The van der Waals surface area contributed by atoms with Crippen molar-refractivity contribution < 1.29 is 10.2 Å². The molecule has 0 spiro atoms. The number of rotatable bonds is 0. The van der Waals surface area contributed by atoms with Gasteiger partial charge in [0.25, 0.3) is 0 Å². The Morgan fingerprint density at radius 2 is 1.81 bits per heavy atom. The molecule has 90 valence electrons. The van der Waals surface area contributed by atoms with Crippen LogP contribution in [0.25, 0.3) is 0 Å². The first-order valence-corrected chi connectivity index (χ1v) is 6.12. The molecule has 0 saturated heterocycles. The largest absolute Gasteiger partial charge is 0.389 e. The quantitative estimate of drug-likeness (QED) is 0.615. The fraction of sp³-hybridized carbons (Fsp3) is 0.857. The monoisotopic (exact) mass is 222 g/mol. The molecule has 2 rings (SSSR count). The summed E-state index contributed by atoms with van der Waals surface area (Å²) >= 11 is 0. The van der Waals surface area contributed by atoms with Crippen molar-refractivity contribution in [2.45, 2.75) is 58.7 Å². The van der Waals surface area contributed by atoms with Gasteiger partial charge in [0.2, 0.25) is 0 Å². The van der Waals surface area contributed by atoms with Crippen LogP contribution in [-0.2, 0) is 0 Å². The van der Waals surface area contributed by atoms with Gasteiger partial charge >= 0.3 is 0 Å². The van der Waals surface area contributed by atoms with Crippen molar-refractivity contribution in [3.05, 3.63) is 0 Å². The Morgan fingerprint density at radius 1 is 1.19 bits per heavy atom. The van der Waals surface area contributed by atoms with Crippen LogP contribution in [0.1, 0.15) is 47.0 Å². The van der Waals surface area contributed by atoms with Gasteiger partial charge in [-0.2, -0.15) is 0 Å². The Bertz CT molecular complexity index is 363. The number of fused-ring (bicyclic) bond motifs is 1. The van der Waals surface area contributed by atoms with E-state index in [1.54, 1.807) is 6.92 Å². The van der Waals surface area contributed by atoms with Gasteiger partial charge < -0.3 is 10.2 Å². The van der Waals surface area contributed by atoms with Gasteiger partial charge in [-0.3, -0.25) is 0 Å². The molecule has 2 fully saturated rings. The Hall–Kier alpha value is -0.520. The average Bonchev–Trinajstić information content (AvgIpc) is 2.53. The summed E-state index contributed by atoms with van der Waals surface area (Å²) in [5.74, 6) is 6.02. The smallest absolute Gasteiger partial charge is 0.156 e. The molecular weight excluding hydrogens is 200 g/mol. The lowest BCUT2D eigenvalue weighted by Crippen LogP contribution is -2.48. The number of hydrogen-bond donors (Lipinski definition) is 2. The zero-order valence-electron chi connectivity index (χ0n) is 10.7. The van der Waals surface area contributed by atoms with Crippen molar-refractivity contribution in [3.8, 4) is 11.8 Å². The van der Waals surface area contributed by atoms with E-state index >= 15 is 0 Å². The molecule has 2 heteroatoms. The summed E-state index contributed by atoms with van der Waals surface area (Å²) < 4.78 is 0. The SMILES string of the molecule is CC#C[C@@]1(O)[C@@H](O)C[C@@H]2C(C)(C)CC[C@@]21C. The number of aliphatic hydroxyl groups is 2. The Balaban J connectivity index is 2.47. The van der Waals surface area contributed by atoms with Crippen molar-refractivity contribution in [1.29, 1.82) is 0 Å². The van der Waals surface area contributed by atoms with Crippen LogP contribution >= 0.6 is 0 Å². The van der Waals surface area contributed by atoms with E-state index in [9.17, 15) is 10.2 Å². The highest BCUT2D eigenvalue weighted by Crippen LogP contribution is 2.65. The summed E-state index contributed by atoms with van der Waals surface area (Å²) in [5, 5.41) is 20.8. The van der Waals surface area contributed by atoms with E-state index in [-0.39, 0.29) is 10.8 Å². The standard InChI is InChI=1S/C14H22O2/c1-5-6-14(16)11(15)9-10-12(2,3)7-8-13(10,14)4/h10-11,15-16H,7-9H2,1-4H3/t10-,11+,13+,14-/m1/s1. The van der Waals surface area contributed by atoms with E-state index in [1.165, 1.54) is 0 Å². The van der Waals surface area contributed by atoms with Crippen LogP contribution in [0.15, 0.2) is 0 Å². The Labute approximate surface area is 98.1 Å². The maximum atomic E-state index is 10.7. The van der Waals surface area contributed by atoms with E-state index in [0.717, 1.165) is 12.8 Å². The van der Waals surface area contributed by atoms with Crippen LogP contribution in [0.3, 0.4) is 0 Å². The molecule has 0 aromatic carbocycles. The van der Waals surface area contributed by atoms with Gasteiger partial charge in [0.1, 0.15) is 0 Å². The Kier molecular flexibility index (Phi) is 2.42. The third-order valence-electron chi connectivity index (χ3n) is 5.13. The minimum Gasteiger partial charge on any atom is -0.389 e. The molecule has 0 unspecified atom stereocenters. The van der Waals surface area contributed by atoms with E-state index in [4.69, 9.17) is 0 Å². The van der Waals surface area contributed by atoms with Gasteiger partial charge in [0.15, 0.2) is 5.60 Å². The van der Waals surface area contributed by atoms with E-state index in [2.05, 4.69) is 32.6 Å². The second-order valence-electron chi connectivity index (χ2n) is 6.35. The summed E-state index contributed by atoms with van der Waals surface area (Å²) in [5.41, 5.74) is -1.26. The van der Waals surface area contributed by atoms with Crippen molar-refractivity contribution in [2.24, 2.45) is 16.7 Å². The first kappa shape index (κ1) is 12.0. The molecular formula is C14H22O2. The summed E-state index contributed by atoms with van der Waals surface area (Å²) in [6, 6.07) is 0. The van der Waals surface area contributed by atoms with Crippen LogP contribution < -0.4 is 0 Å². The molecule has 0 amide bonds. The predicted octanol–water partition coefficient (Wildman–Crippen LogP) is 1.95. The second-order valence-corrected chi connectivity index (χ2v) is 6.35. The van der Waals surface area contributed by atoms with Gasteiger partial charge in [0, 0.05) is 5.41 Å².